The molecule has 6 heteroatoms. The molecule has 1 atom stereocenters. The van der Waals surface area contributed by atoms with Gasteiger partial charge in [0.2, 0.25) is 0 Å². The molecule has 1 saturated heterocycles. The second-order valence-corrected chi connectivity index (χ2v) is 5.48. The lowest BCUT2D eigenvalue weighted by Crippen LogP contribution is -2.28. The molecule has 2 rings (SSSR count). The minimum absolute atomic E-state index is 0.0676. The first kappa shape index (κ1) is 13.9. The van der Waals surface area contributed by atoms with Crippen LogP contribution in [-0.2, 0) is 4.79 Å². The van der Waals surface area contributed by atoms with E-state index >= 15 is 0 Å². The van der Waals surface area contributed by atoms with Crippen molar-refractivity contribution in [3.8, 4) is 0 Å². The molecule has 1 aromatic rings. The highest BCUT2D eigenvalue weighted by molar-refractivity contribution is 9.10. The standard InChI is InChI=1S/C13H15BrN2O3/c1-8-6-10(3-4-11(8)14)16-7-9(15-13(16)19)2-5-12(17)18/h3-4,6,9H,2,5,7H2,1H3,(H,15,19)(H,17,18). The average Bonchev–Trinajstić information content (AvgIpc) is 2.72. The molecule has 102 valence electrons. The summed E-state index contributed by atoms with van der Waals surface area (Å²) in [6.07, 6.45) is 0.519. The molecule has 1 heterocycles. The van der Waals surface area contributed by atoms with E-state index in [4.69, 9.17) is 5.11 Å². The number of aliphatic carboxylic acids is 1. The van der Waals surface area contributed by atoms with E-state index in [1.165, 1.54) is 0 Å². The van der Waals surface area contributed by atoms with Gasteiger partial charge < -0.3 is 10.4 Å². The predicted octanol–water partition coefficient (Wildman–Crippen LogP) is 2.52. The van der Waals surface area contributed by atoms with Gasteiger partial charge >= 0.3 is 12.0 Å². The normalized spacial score (nSPS) is 18.5. The number of carboxylic acids is 1. The Hall–Kier alpha value is -1.56. The molecule has 0 spiro atoms. The van der Waals surface area contributed by atoms with Crippen LogP contribution in [0, 0.1) is 6.92 Å². The number of rotatable bonds is 4. The molecular weight excluding hydrogens is 312 g/mol. The van der Waals surface area contributed by atoms with Crippen LogP contribution < -0.4 is 10.2 Å². The fourth-order valence-corrected chi connectivity index (χ4v) is 2.33. The number of benzene rings is 1. The van der Waals surface area contributed by atoms with Crippen LogP contribution in [-0.4, -0.2) is 29.7 Å². The first-order valence-corrected chi connectivity index (χ1v) is 6.82. The zero-order valence-corrected chi connectivity index (χ0v) is 12.1. The summed E-state index contributed by atoms with van der Waals surface area (Å²) in [5.41, 5.74) is 1.88. The zero-order valence-electron chi connectivity index (χ0n) is 10.5. The molecule has 5 nitrogen and oxygen atoms in total. The van der Waals surface area contributed by atoms with Gasteiger partial charge in [0.25, 0.3) is 0 Å². The Morgan fingerprint density at radius 2 is 2.32 bits per heavy atom. The number of carboxylic acid groups (broad SMARTS) is 1. The van der Waals surface area contributed by atoms with Crippen molar-refractivity contribution in [1.82, 2.24) is 5.32 Å². The molecule has 1 aromatic carbocycles. The van der Waals surface area contributed by atoms with E-state index in [0.717, 1.165) is 15.7 Å². The first-order valence-electron chi connectivity index (χ1n) is 6.03. The summed E-state index contributed by atoms with van der Waals surface area (Å²) in [5, 5.41) is 11.5. The monoisotopic (exact) mass is 326 g/mol. The Balaban J connectivity index is 2.07. The molecule has 0 aromatic heterocycles. The molecule has 0 saturated carbocycles. The summed E-state index contributed by atoms with van der Waals surface area (Å²) in [6.45, 7) is 2.47. The molecule has 1 aliphatic heterocycles. The van der Waals surface area contributed by atoms with Crippen LogP contribution in [0.1, 0.15) is 18.4 Å². The lowest BCUT2D eigenvalue weighted by molar-refractivity contribution is -0.137. The van der Waals surface area contributed by atoms with Gasteiger partial charge in [-0.1, -0.05) is 15.9 Å². The van der Waals surface area contributed by atoms with Gasteiger partial charge in [0.1, 0.15) is 0 Å². The van der Waals surface area contributed by atoms with Gasteiger partial charge in [0.15, 0.2) is 0 Å². The fraction of sp³-hybridized carbons (Fsp3) is 0.385. The minimum Gasteiger partial charge on any atom is -0.481 e. The van der Waals surface area contributed by atoms with Crippen LogP contribution in [0.3, 0.4) is 0 Å². The van der Waals surface area contributed by atoms with Gasteiger partial charge in [-0.05, 0) is 37.1 Å². The average molecular weight is 327 g/mol. The topological polar surface area (TPSA) is 69.6 Å². The maximum atomic E-state index is 11.9. The number of urea groups is 1. The van der Waals surface area contributed by atoms with Crippen LogP contribution in [0.2, 0.25) is 0 Å². The van der Waals surface area contributed by atoms with Crippen molar-refractivity contribution >= 4 is 33.6 Å². The van der Waals surface area contributed by atoms with E-state index < -0.39 is 5.97 Å². The second kappa shape index (κ2) is 5.61. The number of nitrogens with zero attached hydrogens (tertiary/aromatic N) is 1. The van der Waals surface area contributed by atoms with E-state index in [1.807, 2.05) is 25.1 Å². The minimum atomic E-state index is -0.841. The molecule has 2 amide bonds. The van der Waals surface area contributed by atoms with Crippen molar-refractivity contribution in [2.45, 2.75) is 25.8 Å². The number of hydrogen-bond donors (Lipinski definition) is 2. The third-order valence-corrected chi connectivity index (χ3v) is 4.03. The summed E-state index contributed by atoms with van der Waals surface area (Å²) < 4.78 is 0.998. The summed E-state index contributed by atoms with van der Waals surface area (Å²) >= 11 is 3.42. The number of carbonyl (C=O) groups is 2. The largest absolute Gasteiger partial charge is 0.481 e. The smallest absolute Gasteiger partial charge is 0.322 e. The van der Waals surface area contributed by atoms with Gasteiger partial charge in [0, 0.05) is 29.2 Å². The number of nitrogens with one attached hydrogen (secondary N) is 1. The van der Waals surface area contributed by atoms with Crippen LogP contribution in [0.4, 0.5) is 10.5 Å². The van der Waals surface area contributed by atoms with Crippen molar-refractivity contribution in [3.05, 3.63) is 28.2 Å². The number of aryl methyl sites for hydroxylation is 1. The van der Waals surface area contributed by atoms with Gasteiger partial charge in [-0.3, -0.25) is 9.69 Å². The van der Waals surface area contributed by atoms with Crippen molar-refractivity contribution in [1.29, 1.82) is 0 Å². The fourth-order valence-electron chi connectivity index (χ4n) is 2.08. The Bertz CT molecular complexity index is 519. The van der Waals surface area contributed by atoms with Crippen LogP contribution in [0.5, 0.6) is 0 Å². The molecule has 1 fully saturated rings. The molecular formula is C13H15BrN2O3. The molecule has 19 heavy (non-hydrogen) atoms. The highest BCUT2D eigenvalue weighted by atomic mass is 79.9. The van der Waals surface area contributed by atoms with Crippen molar-refractivity contribution in [3.63, 3.8) is 0 Å². The second-order valence-electron chi connectivity index (χ2n) is 4.62. The molecule has 0 bridgehead atoms. The van der Waals surface area contributed by atoms with Gasteiger partial charge in [0.05, 0.1) is 0 Å². The number of anilines is 1. The quantitative estimate of drug-likeness (QED) is 0.893. The van der Waals surface area contributed by atoms with E-state index in [0.29, 0.717) is 13.0 Å². The Morgan fingerprint density at radius 3 is 2.95 bits per heavy atom. The maximum absolute atomic E-state index is 11.9. The molecule has 2 N–H and O–H groups in total. The number of hydrogen-bond acceptors (Lipinski definition) is 2. The van der Waals surface area contributed by atoms with Gasteiger partial charge in [-0.25, -0.2) is 4.79 Å². The molecule has 0 radical (unpaired) electrons. The highest BCUT2D eigenvalue weighted by Gasteiger charge is 2.29. The summed E-state index contributed by atoms with van der Waals surface area (Å²) in [6, 6.07) is 5.44. The lowest BCUT2D eigenvalue weighted by atomic mass is 10.1. The van der Waals surface area contributed by atoms with E-state index in [1.54, 1.807) is 4.90 Å². The number of carbonyl (C=O) groups excluding carboxylic acids is 1. The van der Waals surface area contributed by atoms with Crippen LogP contribution >= 0.6 is 15.9 Å². The molecule has 1 aliphatic rings. The third-order valence-electron chi connectivity index (χ3n) is 3.14. The Kier molecular flexibility index (Phi) is 4.09. The summed E-state index contributed by atoms with van der Waals surface area (Å²) in [4.78, 5) is 24.1. The summed E-state index contributed by atoms with van der Waals surface area (Å²) in [5.74, 6) is -0.841. The van der Waals surface area contributed by atoms with E-state index in [-0.39, 0.29) is 18.5 Å². The number of amides is 2. The van der Waals surface area contributed by atoms with E-state index in [9.17, 15) is 9.59 Å². The predicted molar refractivity (Wildman–Crippen MR) is 75.4 cm³/mol. The van der Waals surface area contributed by atoms with E-state index in [2.05, 4.69) is 21.2 Å². The lowest BCUT2D eigenvalue weighted by Gasteiger charge is -2.15. The van der Waals surface area contributed by atoms with Crippen molar-refractivity contribution in [2.24, 2.45) is 0 Å². The van der Waals surface area contributed by atoms with Gasteiger partial charge in [-0.15, -0.1) is 0 Å². The Labute approximate surface area is 119 Å². The zero-order chi connectivity index (χ0) is 14.0. The third kappa shape index (κ3) is 3.26. The number of halogens is 1. The van der Waals surface area contributed by atoms with Gasteiger partial charge in [-0.2, -0.15) is 0 Å². The molecule has 1 unspecified atom stereocenters. The Morgan fingerprint density at radius 1 is 1.58 bits per heavy atom. The first-order chi connectivity index (χ1) is 8.97. The van der Waals surface area contributed by atoms with Crippen molar-refractivity contribution < 1.29 is 14.7 Å². The highest BCUT2D eigenvalue weighted by Crippen LogP contribution is 2.25. The van der Waals surface area contributed by atoms with Crippen LogP contribution in [0.15, 0.2) is 22.7 Å². The SMILES string of the molecule is Cc1cc(N2CC(CCC(=O)O)NC2=O)ccc1Br. The van der Waals surface area contributed by atoms with Crippen molar-refractivity contribution in [2.75, 3.05) is 11.4 Å². The van der Waals surface area contributed by atoms with Crippen LogP contribution in [0.25, 0.3) is 0 Å². The summed E-state index contributed by atoms with van der Waals surface area (Å²) in [7, 11) is 0. The maximum Gasteiger partial charge on any atom is 0.322 e. The molecule has 0 aliphatic carbocycles.